The Labute approximate surface area is 183 Å². The Bertz CT molecular complexity index is 983. The highest BCUT2D eigenvalue weighted by atomic mass is 32.2. The number of rotatable bonds is 8. The predicted octanol–water partition coefficient (Wildman–Crippen LogP) is 3.22. The Morgan fingerprint density at radius 3 is 2.43 bits per heavy atom. The first-order valence-electron chi connectivity index (χ1n) is 9.82. The maximum absolute atomic E-state index is 12.8. The molecule has 2 aromatic rings. The third-order valence-corrected chi connectivity index (χ3v) is 7.86. The van der Waals surface area contributed by atoms with E-state index in [1.54, 1.807) is 36.0 Å². The number of hydrogen-bond donors (Lipinski definition) is 1. The molecule has 0 unspecified atom stereocenters. The minimum absolute atomic E-state index is 0.100. The number of thioether (sulfide) groups is 1. The normalized spacial score (nSPS) is 15.6. The van der Waals surface area contributed by atoms with Gasteiger partial charge in [0.1, 0.15) is 0 Å². The maximum atomic E-state index is 12.8. The summed E-state index contributed by atoms with van der Waals surface area (Å²) in [6.07, 6.45) is 1.83. The van der Waals surface area contributed by atoms with Gasteiger partial charge in [-0.15, -0.1) is 18.3 Å². The second-order valence-electron chi connectivity index (χ2n) is 7.14. The Hall–Kier alpha value is -2.13. The van der Waals surface area contributed by atoms with Crippen molar-refractivity contribution in [2.24, 2.45) is 0 Å². The van der Waals surface area contributed by atoms with E-state index in [0.29, 0.717) is 31.1 Å². The molecule has 8 heteroatoms. The molecule has 0 aromatic heterocycles. The maximum Gasteiger partial charge on any atom is 0.243 e. The number of carbonyl (C=O) groups is 1. The fourth-order valence-electron chi connectivity index (χ4n) is 3.22. The number of anilines is 1. The summed E-state index contributed by atoms with van der Waals surface area (Å²) < 4.78 is 27.1. The predicted molar refractivity (Wildman–Crippen MR) is 122 cm³/mol. The van der Waals surface area contributed by atoms with Gasteiger partial charge in [-0.1, -0.05) is 35.9 Å². The molecule has 160 valence electrons. The first kappa shape index (κ1) is 22.6. The molecule has 2 aromatic carbocycles. The van der Waals surface area contributed by atoms with E-state index in [2.05, 4.69) is 11.9 Å². The highest BCUT2D eigenvalue weighted by Gasteiger charge is 2.29. The summed E-state index contributed by atoms with van der Waals surface area (Å²) >= 11 is 1.62. The lowest BCUT2D eigenvalue weighted by Crippen LogP contribution is -2.50. The fraction of sp³-hybridized carbons (Fsp3) is 0.318. The van der Waals surface area contributed by atoms with E-state index in [9.17, 15) is 13.2 Å². The summed E-state index contributed by atoms with van der Waals surface area (Å²) in [5.41, 5.74) is 1.81. The van der Waals surface area contributed by atoms with E-state index < -0.39 is 10.0 Å². The van der Waals surface area contributed by atoms with E-state index in [1.807, 2.05) is 42.2 Å². The molecule has 0 atom stereocenters. The minimum atomic E-state index is -3.50. The van der Waals surface area contributed by atoms with Gasteiger partial charge in [0.15, 0.2) is 0 Å². The first-order valence-corrected chi connectivity index (χ1v) is 12.2. The molecule has 3 rings (SSSR count). The van der Waals surface area contributed by atoms with Crippen LogP contribution in [0.25, 0.3) is 0 Å². The van der Waals surface area contributed by atoms with Gasteiger partial charge >= 0.3 is 0 Å². The number of benzene rings is 2. The van der Waals surface area contributed by atoms with Crippen LogP contribution in [0.1, 0.15) is 5.56 Å². The van der Waals surface area contributed by atoms with Crippen LogP contribution in [-0.4, -0.2) is 62.0 Å². The van der Waals surface area contributed by atoms with Crippen LogP contribution in [0.5, 0.6) is 0 Å². The van der Waals surface area contributed by atoms with Crippen molar-refractivity contribution >= 4 is 33.4 Å². The highest BCUT2D eigenvalue weighted by Crippen LogP contribution is 2.27. The Kier molecular flexibility index (Phi) is 7.71. The molecule has 0 radical (unpaired) electrons. The van der Waals surface area contributed by atoms with Crippen molar-refractivity contribution < 1.29 is 13.2 Å². The van der Waals surface area contributed by atoms with Crippen LogP contribution in [0.15, 0.2) is 71.0 Å². The number of nitrogens with one attached hydrogen (secondary N) is 1. The van der Waals surface area contributed by atoms with E-state index >= 15 is 0 Å². The molecule has 1 fully saturated rings. The molecule has 0 saturated carbocycles. The molecule has 1 aliphatic heterocycles. The smallest absolute Gasteiger partial charge is 0.243 e. The van der Waals surface area contributed by atoms with Gasteiger partial charge < -0.3 is 5.32 Å². The molecular formula is C22H27N3O3S2. The third-order valence-electron chi connectivity index (χ3n) is 4.88. The van der Waals surface area contributed by atoms with Crippen molar-refractivity contribution in [2.75, 3.05) is 43.8 Å². The zero-order chi connectivity index (χ0) is 21.6. The number of hydrogen-bond acceptors (Lipinski definition) is 5. The van der Waals surface area contributed by atoms with Crippen LogP contribution < -0.4 is 5.32 Å². The summed E-state index contributed by atoms with van der Waals surface area (Å²) in [6.45, 7) is 7.67. The van der Waals surface area contributed by atoms with Crippen LogP contribution in [0.4, 0.5) is 5.69 Å². The van der Waals surface area contributed by atoms with Crippen molar-refractivity contribution in [3.63, 3.8) is 0 Å². The Balaban J connectivity index is 1.54. The van der Waals surface area contributed by atoms with E-state index in [1.165, 1.54) is 4.31 Å². The van der Waals surface area contributed by atoms with E-state index in [-0.39, 0.29) is 12.5 Å². The average Bonchev–Trinajstić information content (AvgIpc) is 2.74. The van der Waals surface area contributed by atoms with Gasteiger partial charge in [-0.05, 0) is 31.2 Å². The van der Waals surface area contributed by atoms with Crippen molar-refractivity contribution in [1.29, 1.82) is 0 Å². The Morgan fingerprint density at radius 2 is 1.77 bits per heavy atom. The number of aryl methyl sites for hydroxylation is 1. The van der Waals surface area contributed by atoms with Crippen LogP contribution >= 0.6 is 11.8 Å². The minimum Gasteiger partial charge on any atom is -0.324 e. The van der Waals surface area contributed by atoms with Crippen molar-refractivity contribution in [3.8, 4) is 0 Å². The lowest BCUT2D eigenvalue weighted by atomic mass is 10.2. The molecule has 1 amide bonds. The van der Waals surface area contributed by atoms with Crippen LogP contribution in [0.2, 0.25) is 0 Å². The standard InChI is InChI=1S/C22H27N3O3S2/c1-3-16-29-21-7-5-4-6-20(21)23-22(26)17-24-12-14-25(15-13-24)30(27,28)19-10-8-18(2)9-11-19/h3-11H,1,12-17H2,2H3,(H,23,26). The molecule has 6 nitrogen and oxygen atoms in total. The van der Waals surface area contributed by atoms with Gasteiger partial charge in [-0.25, -0.2) is 8.42 Å². The summed E-state index contributed by atoms with van der Waals surface area (Å²) in [5, 5.41) is 2.97. The Morgan fingerprint density at radius 1 is 1.10 bits per heavy atom. The molecule has 0 aliphatic carbocycles. The monoisotopic (exact) mass is 445 g/mol. The van der Waals surface area contributed by atoms with Crippen LogP contribution in [0.3, 0.4) is 0 Å². The topological polar surface area (TPSA) is 69.7 Å². The summed E-state index contributed by atoms with van der Waals surface area (Å²) in [4.78, 5) is 15.8. The van der Waals surface area contributed by atoms with Crippen LogP contribution in [0, 0.1) is 6.92 Å². The molecular weight excluding hydrogens is 418 g/mol. The first-order chi connectivity index (χ1) is 14.4. The largest absolute Gasteiger partial charge is 0.324 e. The van der Waals surface area contributed by atoms with Gasteiger partial charge in [0.2, 0.25) is 15.9 Å². The average molecular weight is 446 g/mol. The highest BCUT2D eigenvalue weighted by molar-refractivity contribution is 7.99. The second-order valence-corrected chi connectivity index (χ2v) is 10.1. The zero-order valence-electron chi connectivity index (χ0n) is 17.1. The number of para-hydroxylation sites is 1. The number of sulfonamides is 1. The zero-order valence-corrected chi connectivity index (χ0v) is 18.7. The van der Waals surface area contributed by atoms with Gasteiger partial charge in [0.05, 0.1) is 17.1 Å². The van der Waals surface area contributed by atoms with Gasteiger partial charge in [0, 0.05) is 36.8 Å². The SMILES string of the molecule is C=CCSc1ccccc1NC(=O)CN1CCN(S(=O)(=O)c2ccc(C)cc2)CC1. The summed E-state index contributed by atoms with van der Waals surface area (Å²) in [6, 6.07) is 14.6. The lowest BCUT2D eigenvalue weighted by Gasteiger charge is -2.33. The van der Waals surface area contributed by atoms with Crippen molar-refractivity contribution in [2.45, 2.75) is 16.7 Å². The molecule has 1 heterocycles. The number of amides is 1. The van der Waals surface area contributed by atoms with E-state index in [4.69, 9.17) is 0 Å². The summed E-state index contributed by atoms with van der Waals surface area (Å²) in [5.74, 6) is 0.668. The van der Waals surface area contributed by atoms with Gasteiger partial charge in [0.25, 0.3) is 0 Å². The molecule has 1 saturated heterocycles. The fourth-order valence-corrected chi connectivity index (χ4v) is 5.39. The molecule has 1 aliphatic rings. The number of piperazine rings is 1. The number of carbonyl (C=O) groups excluding carboxylic acids is 1. The van der Waals surface area contributed by atoms with Gasteiger partial charge in [-0.3, -0.25) is 9.69 Å². The van der Waals surface area contributed by atoms with E-state index in [0.717, 1.165) is 21.9 Å². The molecule has 30 heavy (non-hydrogen) atoms. The van der Waals surface area contributed by atoms with Gasteiger partial charge in [-0.2, -0.15) is 4.31 Å². The summed E-state index contributed by atoms with van der Waals surface area (Å²) in [7, 11) is -3.50. The molecule has 0 spiro atoms. The quantitative estimate of drug-likeness (QED) is 0.499. The van der Waals surface area contributed by atoms with Crippen molar-refractivity contribution in [3.05, 3.63) is 66.7 Å². The lowest BCUT2D eigenvalue weighted by molar-refractivity contribution is -0.117. The van der Waals surface area contributed by atoms with Crippen molar-refractivity contribution in [1.82, 2.24) is 9.21 Å². The van der Waals surface area contributed by atoms with Crippen LogP contribution in [-0.2, 0) is 14.8 Å². The third kappa shape index (κ3) is 5.72. The molecule has 1 N–H and O–H groups in total. The number of nitrogens with zero attached hydrogens (tertiary/aromatic N) is 2. The second kappa shape index (κ2) is 10.3. The molecule has 0 bridgehead atoms.